The van der Waals surface area contributed by atoms with Crippen LogP contribution in [0.15, 0.2) is 0 Å². The highest BCUT2D eigenvalue weighted by atomic mass is 19.4. The number of amides is 1. The third kappa shape index (κ3) is 2.72. The molecule has 0 saturated carbocycles. The van der Waals surface area contributed by atoms with Gasteiger partial charge >= 0.3 is 6.18 Å². The van der Waals surface area contributed by atoms with E-state index in [1.165, 1.54) is 4.90 Å². The molecule has 2 atom stereocenters. The largest absolute Gasteiger partial charge is 0.391 e. The smallest absolute Gasteiger partial charge is 0.379 e. The highest BCUT2D eigenvalue weighted by molar-refractivity contribution is 5.83. The summed E-state index contributed by atoms with van der Waals surface area (Å²) < 4.78 is 42.9. The Morgan fingerprint density at radius 2 is 1.95 bits per heavy atom. The van der Waals surface area contributed by atoms with E-state index in [-0.39, 0.29) is 44.5 Å². The fourth-order valence-corrected chi connectivity index (χ4v) is 2.68. The number of ether oxygens (including phenoxy) is 1. The second-order valence-electron chi connectivity index (χ2n) is 5.65. The molecule has 0 aromatic rings. The van der Waals surface area contributed by atoms with Crippen LogP contribution in [-0.2, 0) is 9.53 Å². The predicted octanol–water partition coefficient (Wildman–Crippen LogP) is 1.15. The van der Waals surface area contributed by atoms with Gasteiger partial charge in [0.2, 0.25) is 5.91 Å². The molecule has 110 valence electrons. The summed E-state index contributed by atoms with van der Waals surface area (Å²) >= 11 is 0. The van der Waals surface area contributed by atoms with Crippen molar-refractivity contribution in [3.8, 4) is 0 Å². The standard InChI is InChI=1S/C12H19F3N2O2/c1-11(7-19-6-9(11)16)10(18)17-4-2-8(3-5-17)12(13,14)15/h8-9H,2-7,16H2,1H3. The van der Waals surface area contributed by atoms with Crippen molar-refractivity contribution >= 4 is 5.91 Å². The van der Waals surface area contributed by atoms with Crippen LogP contribution in [0.4, 0.5) is 13.2 Å². The number of halogens is 3. The Labute approximate surface area is 110 Å². The van der Waals surface area contributed by atoms with E-state index in [0.29, 0.717) is 6.61 Å². The minimum Gasteiger partial charge on any atom is -0.379 e. The summed E-state index contributed by atoms with van der Waals surface area (Å²) in [7, 11) is 0. The van der Waals surface area contributed by atoms with Crippen molar-refractivity contribution < 1.29 is 22.7 Å². The van der Waals surface area contributed by atoms with Gasteiger partial charge in [-0.2, -0.15) is 13.2 Å². The molecule has 0 spiro atoms. The first-order valence-corrected chi connectivity index (χ1v) is 6.44. The summed E-state index contributed by atoms with van der Waals surface area (Å²) in [4.78, 5) is 13.9. The maximum absolute atomic E-state index is 12.6. The van der Waals surface area contributed by atoms with Crippen LogP contribution < -0.4 is 5.73 Å². The van der Waals surface area contributed by atoms with Gasteiger partial charge in [-0.25, -0.2) is 0 Å². The molecule has 0 radical (unpaired) electrons. The summed E-state index contributed by atoms with van der Waals surface area (Å²) in [6.07, 6.45) is -4.21. The summed E-state index contributed by atoms with van der Waals surface area (Å²) in [5.41, 5.74) is 5.06. The Morgan fingerprint density at radius 3 is 2.37 bits per heavy atom. The van der Waals surface area contributed by atoms with Crippen LogP contribution in [0, 0.1) is 11.3 Å². The van der Waals surface area contributed by atoms with E-state index in [2.05, 4.69) is 0 Å². The zero-order valence-corrected chi connectivity index (χ0v) is 10.9. The van der Waals surface area contributed by atoms with Crippen molar-refractivity contribution in [3.05, 3.63) is 0 Å². The molecule has 0 aliphatic carbocycles. The summed E-state index contributed by atoms with van der Waals surface area (Å²) in [5.74, 6) is -1.48. The van der Waals surface area contributed by atoms with Crippen molar-refractivity contribution in [1.29, 1.82) is 0 Å². The van der Waals surface area contributed by atoms with Gasteiger partial charge in [0.1, 0.15) is 0 Å². The number of nitrogens with zero attached hydrogens (tertiary/aromatic N) is 1. The third-order valence-corrected chi connectivity index (χ3v) is 4.25. The predicted molar refractivity (Wildman–Crippen MR) is 62.3 cm³/mol. The van der Waals surface area contributed by atoms with Gasteiger partial charge in [-0.1, -0.05) is 0 Å². The minimum atomic E-state index is -4.16. The normalized spacial score (nSPS) is 33.7. The van der Waals surface area contributed by atoms with Gasteiger partial charge in [0.25, 0.3) is 0 Å². The molecule has 0 aromatic heterocycles. The fraction of sp³-hybridized carbons (Fsp3) is 0.917. The Morgan fingerprint density at radius 1 is 1.37 bits per heavy atom. The van der Waals surface area contributed by atoms with Gasteiger partial charge in [0.05, 0.1) is 24.5 Å². The Hall–Kier alpha value is -0.820. The lowest BCUT2D eigenvalue weighted by Gasteiger charge is -2.38. The Bertz CT molecular complexity index is 353. The lowest BCUT2D eigenvalue weighted by molar-refractivity contribution is -0.187. The molecule has 7 heteroatoms. The molecular formula is C12H19F3N2O2. The molecule has 2 heterocycles. The number of likely N-dealkylation sites (tertiary alicyclic amines) is 1. The number of carbonyl (C=O) groups is 1. The van der Waals surface area contributed by atoms with E-state index >= 15 is 0 Å². The average Bonchev–Trinajstić information content (AvgIpc) is 2.69. The second-order valence-corrected chi connectivity index (χ2v) is 5.65. The van der Waals surface area contributed by atoms with Crippen molar-refractivity contribution in [2.45, 2.75) is 32.0 Å². The lowest BCUT2D eigenvalue weighted by atomic mass is 9.83. The number of nitrogens with two attached hydrogens (primary N) is 1. The van der Waals surface area contributed by atoms with E-state index in [4.69, 9.17) is 10.5 Å². The van der Waals surface area contributed by atoms with Crippen LogP contribution in [0.2, 0.25) is 0 Å². The second kappa shape index (κ2) is 4.94. The molecule has 0 aromatic carbocycles. The minimum absolute atomic E-state index is 0.0264. The summed E-state index contributed by atoms with van der Waals surface area (Å²) in [6, 6.07) is -0.389. The van der Waals surface area contributed by atoms with E-state index in [1.54, 1.807) is 6.92 Å². The van der Waals surface area contributed by atoms with Gasteiger partial charge in [-0.05, 0) is 19.8 Å². The van der Waals surface area contributed by atoms with Crippen molar-refractivity contribution in [2.24, 2.45) is 17.1 Å². The van der Waals surface area contributed by atoms with E-state index in [1.807, 2.05) is 0 Å². The Balaban J connectivity index is 1.96. The Kier molecular flexibility index (Phi) is 3.79. The van der Waals surface area contributed by atoms with Gasteiger partial charge in [0.15, 0.2) is 0 Å². The van der Waals surface area contributed by atoms with Gasteiger partial charge < -0.3 is 15.4 Å². The average molecular weight is 280 g/mol. The highest BCUT2D eigenvalue weighted by Gasteiger charge is 2.48. The molecular weight excluding hydrogens is 261 g/mol. The van der Waals surface area contributed by atoms with Crippen molar-refractivity contribution in [2.75, 3.05) is 26.3 Å². The first-order chi connectivity index (χ1) is 8.75. The van der Waals surface area contributed by atoms with Crippen molar-refractivity contribution in [1.82, 2.24) is 4.90 Å². The lowest BCUT2D eigenvalue weighted by Crippen LogP contribution is -2.53. The molecule has 0 bridgehead atoms. The quantitative estimate of drug-likeness (QED) is 0.784. The van der Waals surface area contributed by atoms with Gasteiger partial charge in [0, 0.05) is 19.1 Å². The topological polar surface area (TPSA) is 55.6 Å². The molecule has 4 nitrogen and oxygen atoms in total. The first kappa shape index (κ1) is 14.6. The maximum Gasteiger partial charge on any atom is 0.391 e. The fourth-order valence-electron chi connectivity index (χ4n) is 2.68. The van der Waals surface area contributed by atoms with Crippen LogP contribution >= 0.6 is 0 Å². The molecule has 2 fully saturated rings. The number of carbonyl (C=O) groups excluding carboxylic acids is 1. The molecule has 1 amide bonds. The number of alkyl halides is 3. The van der Waals surface area contributed by atoms with Crippen LogP contribution in [0.1, 0.15) is 19.8 Å². The molecule has 2 N–H and O–H groups in total. The first-order valence-electron chi connectivity index (χ1n) is 6.44. The summed E-state index contributed by atoms with van der Waals surface area (Å²) in [6.45, 7) is 2.58. The van der Waals surface area contributed by atoms with E-state index < -0.39 is 17.5 Å². The zero-order valence-electron chi connectivity index (χ0n) is 10.9. The van der Waals surface area contributed by atoms with Crippen LogP contribution in [0.5, 0.6) is 0 Å². The monoisotopic (exact) mass is 280 g/mol. The maximum atomic E-state index is 12.6. The molecule has 2 unspecified atom stereocenters. The third-order valence-electron chi connectivity index (χ3n) is 4.25. The van der Waals surface area contributed by atoms with Crippen LogP contribution in [-0.4, -0.2) is 49.3 Å². The van der Waals surface area contributed by atoms with Crippen LogP contribution in [0.3, 0.4) is 0 Å². The SMILES string of the molecule is CC1(C(=O)N2CCC(C(F)(F)F)CC2)COCC1N. The summed E-state index contributed by atoms with van der Waals surface area (Å²) in [5, 5.41) is 0. The van der Waals surface area contributed by atoms with E-state index in [9.17, 15) is 18.0 Å². The molecule has 19 heavy (non-hydrogen) atoms. The molecule has 2 rings (SSSR count). The van der Waals surface area contributed by atoms with Gasteiger partial charge in [-0.15, -0.1) is 0 Å². The number of hydrogen-bond acceptors (Lipinski definition) is 3. The van der Waals surface area contributed by atoms with Crippen LogP contribution in [0.25, 0.3) is 0 Å². The number of rotatable bonds is 1. The highest BCUT2D eigenvalue weighted by Crippen LogP contribution is 2.36. The van der Waals surface area contributed by atoms with Gasteiger partial charge in [-0.3, -0.25) is 4.79 Å². The van der Waals surface area contributed by atoms with Crippen molar-refractivity contribution in [3.63, 3.8) is 0 Å². The van der Waals surface area contributed by atoms with E-state index in [0.717, 1.165) is 0 Å². The number of hydrogen-bond donors (Lipinski definition) is 1. The molecule has 2 saturated heterocycles. The molecule has 2 aliphatic heterocycles. The molecule has 2 aliphatic rings. The zero-order chi connectivity index (χ0) is 14.3. The number of piperidine rings is 1.